The van der Waals surface area contributed by atoms with Crippen molar-refractivity contribution in [1.29, 1.82) is 0 Å². The highest BCUT2D eigenvalue weighted by molar-refractivity contribution is 5.53. The summed E-state index contributed by atoms with van der Waals surface area (Å²) >= 11 is 0. The first-order chi connectivity index (χ1) is 8.20. The van der Waals surface area contributed by atoms with Crippen LogP contribution in [0.25, 0.3) is 0 Å². The highest BCUT2D eigenvalue weighted by Gasteiger charge is 2.23. The number of aliphatic hydroxyl groups excluding tert-OH is 1. The Kier molecular flexibility index (Phi) is 3.68. The number of rotatable bonds is 3. The van der Waals surface area contributed by atoms with Crippen LogP contribution in [-0.2, 0) is 0 Å². The molecule has 2 atom stereocenters. The minimum absolute atomic E-state index is 0.0737. The molecule has 0 aromatic carbocycles. The first-order valence-corrected chi connectivity index (χ1v) is 5.96. The number of nitrogens with zero attached hydrogens (tertiary/aromatic N) is 1. The number of nitrogens with one attached hydrogen (secondary N) is 1. The summed E-state index contributed by atoms with van der Waals surface area (Å²) < 4.78 is 5.06. The molecule has 1 aromatic heterocycles. The van der Waals surface area contributed by atoms with Gasteiger partial charge in [0.15, 0.2) is 0 Å². The molecular weight excluding hydrogens is 218 g/mol. The lowest BCUT2D eigenvalue weighted by molar-refractivity contribution is 0.116. The second-order valence-electron chi connectivity index (χ2n) is 4.40. The summed E-state index contributed by atoms with van der Waals surface area (Å²) in [6.45, 7) is 0. The molecule has 0 saturated heterocycles. The van der Waals surface area contributed by atoms with Crippen LogP contribution in [0.2, 0.25) is 0 Å². The summed E-state index contributed by atoms with van der Waals surface area (Å²) in [5, 5.41) is 13.1. The van der Waals surface area contributed by atoms with E-state index in [1.807, 2.05) is 0 Å². The first kappa shape index (κ1) is 12.0. The molecule has 1 fully saturated rings. The highest BCUT2D eigenvalue weighted by Crippen LogP contribution is 2.24. The highest BCUT2D eigenvalue weighted by atomic mass is 16.5. The molecule has 17 heavy (non-hydrogen) atoms. The van der Waals surface area contributed by atoms with Gasteiger partial charge in [-0.2, -0.15) is 4.98 Å². The van der Waals surface area contributed by atoms with Crippen molar-refractivity contribution in [3.8, 4) is 5.88 Å². The number of ether oxygens (including phenoxy) is 1. The van der Waals surface area contributed by atoms with Gasteiger partial charge < -0.3 is 20.9 Å². The van der Waals surface area contributed by atoms with E-state index in [1.54, 1.807) is 12.1 Å². The van der Waals surface area contributed by atoms with Crippen LogP contribution >= 0.6 is 0 Å². The van der Waals surface area contributed by atoms with E-state index in [-0.39, 0.29) is 12.1 Å². The second kappa shape index (κ2) is 5.23. The molecular formula is C12H19N3O2. The van der Waals surface area contributed by atoms with E-state index in [4.69, 9.17) is 10.5 Å². The summed E-state index contributed by atoms with van der Waals surface area (Å²) in [6.07, 6.45) is 3.76. The van der Waals surface area contributed by atoms with Gasteiger partial charge in [-0.25, -0.2) is 0 Å². The van der Waals surface area contributed by atoms with Gasteiger partial charge in [0.1, 0.15) is 5.82 Å². The maximum Gasteiger partial charge on any atom is 0.238 e. The zero-order valence-electron chi connectivity index (χ0n) is 10.0. The zero-order chi connectivity index (χ0) is 12.3. The Balaban J connectivity index is 2.07. The van der Waals surface area contributed by atoms with Gasteiger partial charge in [-0.05, 0) is 25.0 Å². The number of hydrogen-bond acceptors (Lipinski definition) is 5. The number of hydrogen-bond donors (Lipinski definition) is 3. The molecule has 1 heterocycles. The van der Waals surface area contributed by atoms with Gasteiger partial charge in [0, 0.05) is 0 Å². The topological polar surface area (TPSA) is 80.4 Å². The van der Waals surface area contributed by atoms with Gasteiger partial charge in [0.25, 0.3) is 0 Å². The zero-order valence-corrected chi connectivity index (χ0v) is 10.0. The lowest BCUT2D eigenvalue weighted by Crippen LogP contribution is -2.36. The quantitative estimate of drug-likeness (QED) is 0.740. The van der Waals surface area contributed by atoms with Crippen LogP contribution in [0.5, 0.6) is 5.88 Å². The van der Waals surface area contributed by atoms with Gasteiger partial charge in [-0.15, -0.1) is 0 Å². The maximum atomic E-state index is 9.87. The second-order valence-corrected chi connectivity index (χ2v) is 4.40. The van der Waals surface area contributed by atoms with Crippen molar-refractivity contribution in [1.82, 2.24) is 4.98 Å². The van der Waals surface area contributed by atoms with E-state index in [9.17, 15) is 5.11 Å². The lowest BCUT2D eigenvalue weighted by Gasteiger charge is -2.28. The van der Waals surface area contributed by atoms with Gasteiger partial charge in [0.2, 0.25) is 5.88 Å². The summed E-state index contributed by atoms with van der Waals surface area (Å²) in [7, 11) is 1.54. The monoisotopic (exact) mass is 237 g/mol. The first-order valence-electron chi connectivity index (χ1n) is 5.96. The van der Waals surface area contributed by atoms with Gasteiger partial charge in [-0.1, -0.05) is 12.8 Å². The van der Waals surface area contributed by atoms with E-state index >= 15 is 0 Å². The number of aromatic nitrogens is 1. The fraction of sp³-hybridized carbons (Fsp3) is 0.583. The van der Waals surface area contributed by atoms with Crippen molar-refractivity contribution in [2.45, 2.75) is 37.8 Å². The van der Waals surface area contributed by atoms with Crippen LogP contribution in [0.15, 0.2) is 12.1 Å². The van der Waals surface area contributed by atoms with Crippen LogP contribution < -0.4 is 15.8 Å². The maximum absolute atomic E-state index is 9.87. The lowest BCUT2D eigenvalue weighted by atomic mass is 9.92. The van der Waals surface area contributed by atoms with Crippen LogP contribution in [0, 0.1) is 0 Å². The molecule has 1 saturated carbocycles. The SMILES string of the molecule is COc1nc(NC2CCCCC2O)ccc1N. The third kappa shape index (κ3) is 2.79. The molecule has 1 aliphatic rings. The third-order valence-electron chi connectivity index (χ3n) is 3.15. The van der Waals surface area contributed by atoms with Gasteiger partial charge in [0.05, 0.1) is 24.9 Å². The van der Waals surface area contributed by atoms with E-state index in [1.165, 1.54) is 7.11 Å². The molecule has 1 aromatic rings. The van der Waals surface area contributed by atoms with Crippen LogP contribution in [0.3, 0.4) is 0 Å². The summed E-state index contributed by atoms with van der Waals surface area (Å²) in [5.74, 6) is 1.11. The third-order valence-corrected chi connectivity index (χ3v) is 3.15. The van der Waals surface area contributed by atoms with Crippen LogP contribution in [0.1, 0.15) is 25.7 Å². The number of methoxy groups -OCH3 is 1. The summed E-state index contributed by atoms with van der Waals surface area (Å²) in [4.78, 5) is 4.25. The van der Waals surface area contributed by atoms with E-state index in [2.05, 4.69) is 10.3 Å². The minimum atomic E-state index is -0.297. The predicted molar refractivity (Wildman–Crippen MR) is 67.1 cm³/mol. The van der Waals surface area contributed by atoms with Crippen molar-refractivity contribution in [2.24, 2.45) is 0 Å². The van der Waals surface area contributed by atoms with Crippen molar-refractivity contribution in [2.75, 3.05) is 18.2 Å². The standard InChI is InChI=1S/C12H19N3O2/c1-17-12-8(13)6-7-11(15-12)14-9-4-2-3-5-10(9)16/h6-7,9-10,16H,2-5,13H2,1H3,(H,14,15). The Bertz CT molecular complexity index is 384. The largest absolute Gasteiger partial charge is 0.479 e. The van der Waals surface area contributed by atoms with E-state index < -0.39 is 0 Å². The molecule has 94 valence electrons. The number of anilines is 2. The molecule has 0 radical (unpaired) electrons. The Morgan fingerprint density at radius 1 is 1.41 bits per heavy atom. The molecule has 1 aliphatic carbocycles. The number of pyridine rings is 1. The average molecular weight is 237 g/mol. The smallest absolute Gasteiger partial charge is 0.238 e. The Hall–Kier alpha value is -1.49. The van der Waals surface area contributed by atoms with Crippen LogP contribution in [-0.4, -0.2) is 29.3 Å². The molecule has 0 amide bonds. The molecule has 0 spiro atoms. The van der Waals surface area contributed by atoms with Gasteiger partial charge >= 0.3 is 0 Å². The summed E-state index contributed by atoms with van der Waals surface area (Å²) in [6, 6.07) is 3.63. The van der Waals surface area contributed by atoms with Crippen molar-refractivity contribution < 1.29 is 9.84 Å². The van der Waals surface area contributed by atoms with Crippen molar-refractivity contribution in [3.63, 3.8) is 0 Å². The molecule has 4 N–H and O–H groups in total. The molecule has 5 nitrogen and oxygen atoms in total. The van der Waals surface area contributed by atoms with Gasteiger partial charge in [-0.3, -0.25) is 0 Å². The Labute approximate surface area is 101 Å². The average Bonchev–Trinajstić information content (AvgIpc) is 2.34. The number of aliphatic hydroxyl groups is 1. The molecule has 5 heteroatoms. The molecule has 2 unspecified atom stereocenters. The minimum Gasteiger partial charge on any atom is -0.479 e. The van der Waals surface area contributed by atoms with E-state index in [0.717, 1.165) is 25.7 Å². The van der Waals surface area contributed by atoms with Crippen LogP contribution in [0.4, 0.5) is 11.5 Å². The summed E-state index contributed by atoms with van der Waals surface area (Å²) in [5.41, 5.74) is 6.21. The molecule has 0 bridgehead atoms. The number of nitrogens with two attached hydrogens (primary N) is 1. The van der Waals surface area contributed by atoms with Crippen molar-refractivity contribution >= 4 is 11.5 Å². The normalized spacial score (nSPS) is 24.4. The predicted octanol–water partition coefficient (Wildman–Crippen LogP) is 1.39. The Morgan fingerprint density at radius 2 is 2.18 bits per heavy atom. The molecule has 0 aliphatic heterocycles. The fourth-order valence-electron chi connectivity index (χ4n) is 2.16. The van der Waals surface area contributed by atoms with Crippen molar-refractivity contribution in [3.05, 3.63) is 12.1 Å². The van der Waals surface area contributed by atoms with E-state index in [0.29, 0.717) is 17.4 Å². The fourth-order valence-corrected chi connectivity index (χ4v) is 2.16. The Morgan fingerprint density at radius 3 is 2.88 bits per heavy atom. The molecule has 2 rings (SSSR count). The number of nitrogen functional groups attached to an aromatic ring is 1.